The minimum atomic E-state index is -0.612. The molecule has 0 heterocycles. The molecule has 0 spiro atoms. The molecule has 86 valence electrons. The van der Waals surface area contributed by atoms with Gasteiger partial charge in [0.25, 0.3) is 0 Å². The van der Waals surface area contributed by atoms with Crippen molar-refractivity contribution in [2.24, 2.45) is 0 Å². The van der Waals surface area contributed by atoms with Gasteiger partial charge < -0.3 is 4.55 Å². The molecule has 2 atom stereocenters. The smallest absolute Gasteiger partial charge is 0.113 e. The van der Waals surface area contributed by atoms with Crippen molar-refractivity contribution in [2.45, 2.75) is 76.7 Å². The van der Waals surface area contributed by atoms with Crippen molar-refractivity contribution >= 4 is 11.2 Å². The van der Waals surface area contributed by atoms with Crippen LogP contribution in [-0.4, -0.2) is 15.1 Å². The Bertz CT molecular complexity index is 113. The Morgan fingerprint density at radius 3 is 1.57 bits per heavy atom. The highest BCUT2D eigenvalue weighted by atomic mass is 32.2. The van der Waals surface area contributed by atoms with Crippen LogP contribution in [-0.2, 0) is 11.2 Å². The van der Waals surface area contributed by atoms with E-state index in [1.54, 1.807) is 0 Å². The lowest BCUT2D eigenvalue weighted by atomic mass is 10.2. The van der Waals surface area contributed by atoms with Crippen LogP contribution >= 0.6 is 0 Å². The lowest BCUT2D eigenvalue weighted by Crippen LogP contribution is -2.28. The van der Waals surface area contributed by atoms with E-state index in [0.29, 0.717) is 10.5 Å². The molecule has 0 aliphatic rings. The second-order valence-electron chi connectivity index (χ2n) is 4.23. The molecule has 0 bridgehead atoms. The van der Waals surface area contributed by atoms with Crippen molar-refractivity contribution < 1.29 is 4.55 Å². The van der Waals surface area contributed by atoms with Gasteiger partial charge in [-0.3, -0.25) is 0 Å². The first kappa shape index (κ1) is 14.3. The first-order chi connectivity index (χ1) is 6.63. The zero-order valence-electron chi connectivity index (χ0n) is 10.2. The van der Waals surface area contributed by atoms with E-state index in [9.17, 15) is 4.55 Å². The van der Waals surface area contributed by atoms with Crippen LogP contribution < -0.4 is 0 Å². The third-order valence-electron chi connectivity index (χ3n) is 2.72. The van der Waals surface area contributed by atoms with Gasteiger partial charge in [-0.25, -0.2) is 0 Å². The summed E-state index contributed by atoms with van der Waals surface area (Å²) in [4.78, 5) is 0. The summed E-state index contributed by atoms with van der Waals surface area (Å²) >= 11 is -0.612. The van der Waals surface area contributed by atoms with Gasteiger partial charge in [0.15, 0.2) is 0 Å². The molecule has 0 aromatic carbocycles. The van der Waals surface area contributed by atoms with Gasteiger partial charge in [0.2, 0.25) is 0 Å². The summed E-state index contributed by atoms with van der Waals surface area (Å²) in [5.74, 6) is 0. The van der Waals surface area contributed by atoms with Crippen molar-refractivity contribution in [1.82, 2.24) is 0 Å². The third-order valence-corrected chi connectivity index (χ3v) is 4.78. The fourth-order valence-corrected chi connectivity index (χ4v) is 3.20. The molecule has 0 amide bonds. The van der Waals surface area contributed by atoms with Crippen LogP contribution in [0.5, 0.6) is 0 Å². The summed E-state index contributed by atoms with van der Waals surface area (Å²) in [6, 6.07) is 0. The molecule has 0 aromatic heterocycles. The molecule has 0 rings (SSSR count). The minimum absolute atomic E-state index is 0.391. The quantitative estimate of drug-likeness (QED) is 0.567. The Kier molecular flexibility index (Phi) is 8.80. The van der Waals surface area contributed by atoms with Crippen molar-refractivity contribution in [3.8, 4) is 0 Å². The standard InChI is InChI=1S/C12H26OS/c1-5-7-9-11(3)14(13)12(4)10-8-6-2/h11-12H,5-10H2,1-4H3. The number of rotatable bonds is 8. The van der Waals surface area contributed by atoms with Gasteiger partial charge in [-0.2, -0.15) is 0 Å². The van der Waals surface area contributed by atoms with Gasteiger partial charge in [0.1, 0.15) is 10.5 Å². The molecule has 2 heteroatoms. The largest absolute Gasteiger partial charge is 0.616 e. The van der Waals surface area contributed by atoms with Gasteiger partial charge in [0.05, 0.1) is 0 Å². The molecular weight excluding hydrogens is 192 g/mol. The molecule has 2 unspecified atom stereocenters. The van der Waals surface area contributed by atoms with Crippen LogP contribution in [0.2, 0.25) is 0 Å². The highest BCUT2D eigenvalue weighted by Crippen LogP contribution is 2.18. The fourth-order valence-electron chi connectivity index (χ4n) is 1.61. The monoisotopic (exact) mass is 218 g/mol. The molecule has 0 aliphatic carbocycles. The lowest BCUT2D eigenvalue weighted by molar-refractivity contribution is 0.548. The van der Waals surface area contributed by atoms with E-state index in [4.69, 9.17) is 0 Å². The van der Waals surface area contributed by atoms with Gasteiger partial charge in [-0.1, -0.05) is 26.7 Å². The number of hydrogen-bond acceptors (Lipinski definition) is 1. The van der Waals surface area contributed by atoms with E-state index in [1.165, 1.54) is 25.7 Å². The van der Waals surface area contributed by atoms with Gasteiger partial charge in [-0.15, -0.1) is 0 Å². The summed E-state index contributed by atoms with van der Waals surface area (Å²) in [7, 11) is 0. The Morgan fingerprint density at radius 1 is 0.929 bits per heavy atom. The van der Waals surface area contributed by atoms with Crippen LogP contribution in [0.15, 0.2) is 0 Å². The van der Waals surface area contributed by atoms with Crippen molar-refractivity contribution in [3.63, 3.8) is 0 Å². The molecule has 0 aliphatic heterocycles. The zero-order chi connectivity index (χ0) is 11.0. The summed E-state index contributed by atoms with van der Waals surface area (Å²) in [5, 5.41) is 0.781. The van der Waals surface area contributed by atoms with E-state index in [2.05, 4.69) is 27.7 Å². The molecule has 1 nitrogen and oxygen atoms in total. The van der Waals surface area contributed by atoms with Gasteiger partial charge in [-0.05, 0) is 50.7 Å². The average Bonchev–Trinajstić information content (AvgIpc) is 2.21. The molecule has 0 fully saturated rings. The van der Waals surface area contributed by atoms with Crippen molar-refractivity contribution in [1.29, 1.82) is 0 Å². The Hall–Kier alpha value is 0.310. The van der Waals surface area contributed by atoms with Gasteiger partial charge in [0, 0.05) is 0 Å². The Morgan fingerprint density at radius 2 is 1.29 bits per heavy atom. The van der Waals surface area contributed by atoms with Crippen LogP contribution in [0, 0.1) is 0 Å². The fraction of sp³-hybridized carbons (Fsp3) is 1.00. The summed E-state index contributed by atoms with van der Waals surface area (Å²) in [6.07, 6.45) is 7.11. The summed E-state index contributed by atoms with van der Waals surface area (Å²) in [5.41, 5.74) is 0. The highest BCUT2D eigenvalue weighted by molar-refractivity contribution is 7.92. The topological polar surface area (TPSA) is 23.1 Å². The van der Waals surface area contributed by atoms with E-state index >= 15 is 0 Å². The van der Waals surface area contributed by atoms with Gasteiger partial charge >= 0.3 is 0 Å². The Labute approximate surface area is 92.8 Å². The second kappa shape index (κ2) is 8.60. The van der Waals surface area contributed by atoms with Crippen molar-refractivity contribution in [3.05, 3.63) is 0 Å². The first-order valence-electron chi connectivity index (χ1n) is 6.02. The summed E-state index contributed by atoms with van der Waals surface area (Å²) < 4.78 is 12.0. The lowest BCUT2D eigenvalue weighted by Gasteiger charge is -2.23. The van der Waals surface area contributed by atoms with E-state index < -0.39 is 11.2 Å². The average molecular weight is 218 g/mol. The molecule has 0 radical (unpaired) electrons. The van der Waals surface area contributed by atoms with E-state index in [1.807, 2.05) is 0 Å². The minimum Gasteiger partial charge on any atom is -0.616 e. The van der Waals surface area contributed by atoms with Crippen LogP contribution in [0.1, 0.15) is 66.2 Å². The van der Waals surface area contributed by atoms with E-state index in [0.717, 1.165) is 12.8 Å². The normalized spacial score (nSPS) is 17.8. The van der Waals surface area contributed by atoms with E-state index in [-0.39, 0.29) is 0 Å². The third kappa shape index (κ3) is 5.92. The Balaban J connectivity index is 3.72. The molecule has 0 aromatic rings. The number of unbranched alkanes of at least 4 members (excludes halogenated alkanes) is 2. The highest BCUT2D eigenvalue weighted by Gasteiger charge is 2.22. The SMILES string of the molecule is CCCCC(C)[S+]([O-])C(C)CCCC. The second-order valence-corrected chi connectivity index (χ2v) is 6.50. The van der Waals surface area contributed by atoms with Crippen LogP contribution in [0.4, 0.5) is 0 Å². The molecule has 0 saturated heterocycles. The predicted molar refractivity (Wildman–Crippen MR) is 66.1 cm³/mol. The van der Waals surface area contributed by atoms with Crippen LogP contribution in [0.3, 0.4) is 0 Å². The maximum Gasteiger partial charge on any atom is 0.113 e. The molecule has 14 heavy (non-hydrogen) atoms. The van der Waals surface area contributed by atoms with Crippen molar-refractivity contribution in [2.75, 3.05) is 0 Å². The summed E-state index contributed by atoms with van der Waals surface area (Å²) in [6.45, 7) is 8.65. The van der Waals surface area contributed by atoms with Crippen LogP contribution in [0.25, 0.3) is 0 Å². The predicted octanol–water partition coefficient (Wildman–Crippen LogP) is 3.89. The maximum absolute atomic E-state index is 12.0. The molecule has 0 N–H and O–H groups in total. The zero-order valence-corrected chi connectivity index (χ0v) is 11.0. The maximum atomic E-state index is 12.0. The molecular formula is C12H26OS. The molecule has 0 saturated carbocycles. The first-order valence-corrected chi connectivity index (χ1v) is 7.30. The number of hydrogen-bond donors (Lipinski definition) is 0.